The summed E-state index contributed by atoms with van der Waals surface area (Å²) < 4.78 is 5.17. The van der Waals surface area contributed by atoms with Crippen LogP contribution in [0, 0.1) is 0 Å². The van der Waals surface area contributed by atoms with Gasteiger partial charge in [-0.25, -0.2) is 4.79 Å². The Bertz CT molecular complexity index is 982. The lowest BCUT2D eigenvalue weighted by Crippen LogP contribution is -2.43. The van der Waals surface area contributed by atoms with Gasteiger partial charge in [0, 0.05) is 13.1 Å². The Morgan fingerprint density at radius 2 is 1.58 bits per heavy atom. The van der Waals surface area contributed by atoms with Crippen LogP contribution in [0.4, 0.5) is 4.79 Å². The minimum Gasteiger partial charge on any atom is -0.445 e. The summed E-state index contributed by atoms with van der Waals surface area (Å²) in [7, 11) is 0. The molecule has 160 valence electrons. The maximum atomic E-state index is 12.6. The summed E-state index contributed by atoms with van der Waals surface area (Å²) in [5.41, 5.74) is 6.10. The molecular formula is C24H24N2O3S2. The molecule has 1 aromatic carbocycles. The van der Waals surface area contributed by atoms with Gasteiger partial charge in [0.25, 0.3) is 0 Å². The summed E-state index contributed by atoms with van der Waals surface area (Å²) in [5, 5.41) is 11.1. The molecule has 1 aliphatic heterocycles. The van der Waals surface area contributed by atoms with Crippen molar-refractivity contribution in [1.29, 1.82) is 0 Å². The molecule has 1 N–H and O–H groups in total. The number of thiophene rings is 2. The number of ether oxygens (including phenoxy) is 1. The second-order valence-electron chi connectivity index (χ2n) is 7.30. The van der Waals surface area contributed by atoms with E-state index in [1.807, 2.05) is 35.2 Å². The molecule has 0 radical (unpaired) electrons. The molecule has 0 spiro atoms. The van der Waals surface area contributed by atoms with Crippen molar-refractivity contribution in [3.8, 4) is 0 Å². The van der Waals surface area contributed by atoms with Crippen LogP contribution >= 0.6 is 22.7 Å². The third kappa shape index (κ3) is 5.62. The molecule has 3 heterocycles. The molecule has 4 rings (SSSR count). The third-order valence-corrected chi connectivity index (χ3v) is 6.66. The Balaban J connectivity index is 1.29. The van der Waals surface area contributed by atoms with Crippen molar-refractivity contribution in [3.05, 3.63) is 86.2 Å². The van der Waals surface area contributed by atoms with E-state index in [0.29, 0.717) is 13.1 Å². The van der Waals surface area contributed by atoms with Gasteiger partial charge in [-0.15, -0.1) is 0 Å². The van der Waals surface area contributed by atoms with E-state index >= 15 is 0 Å². The molecule has 0 aliphatic carbocycles. The van der Waals surface area contributed by atoms with Crippen LogP contribution in [-0.2, 0) is 16.1 Å². The SMILES string of the molecule is O=C(NCC(=O)N1CCC(=C(c2ccsc2)c2ccsc2)CC1)OCc1ccccc1. The fraction of sp³-hybridized carbons (Fsp3) is 0.250. The summed E-state index contributed by atoms with van der Waals surface area (Å²) in [5.74, 6) is -0.0803. The molecule has 1 saturated heterocycles. The van der Waals surface area contributed by atoms with E-state index in [9.17, 15) is 9.59 Å². The first-order valence-corrected chi connectivity index (χ1v) is 12.1. The van der Waals surface area contributed by atoms with Crippen molar-refractivity contribution in [2.24, 2.45) is 0 Å². The Hall–Kier alpha value is -2.90. The maximum Gasteiger partial charge on any atom is 0.407 e. The van der Waals surface area contributed by atoms with Crippen molar-refractivity contribution >= 4 is 40.2 Å². The van der Waals surface area contributed by atoms with Crippen molar-refractivity contribution in [1.82, 2.24) is 10.2 Å². The van der Waals surface area contributed by atoms with Crippen LogP contribution in [0.25, 0.3) is 5.57 Å². The van der Waals surface area contributed by atoms with Gasteiger partial charge in [0.15, 0.2) is 0 Å². The predicted molar refractivity (Wildman–Crippen MR) is 125 cm³/mol. The van der Waals surface area contributed by atoms with E-state index in [4.69, 9.17) is 4.74 Å². The number of rotatable bonds is 6. The number of alkyl carbamates (subject to hydrolysis) is 1. The van der Waals surface area contributed by atoms with Gasteiger partial charge in [0.1, 0.15) is 13.2 Å². The van der Waals surface area contributed by atoms with Gasteiger partial charge >= 0.3 is 6.09 Å². The molecule has 5 nitrogen and oxygen atoms in total. The van der Waals surface area contributed by atoms with E-state index in [2.05, 4.69) is 39.0 Å². The fourth-order valence-corrected chi connectivity index (χ4v) is 4.99. The summed E-state index contributed by atoms with van der Waals surface area (Å²) in [6.07, 6.45) is 1.10. The van der Waals surface area contributed by atoms with Crippen LogP contribution in [-0.4, -0.2) is 36.5 Å². The lowest BCUT2D eigenvalue weighted by atomic mass is 9.91. The molecule has 2 aromatic heterocycles. The van der Waals surface area contributed by atoms with Gasteiger partial charge in [-0.1, -0.05) is 35.9 Å². The number of piperidine rings is 1. The number of hydrogen-bond donors (Lipinski definition) is 1. The molecule has 0 atom stereocenters. The average molecular weight is 453 g/mol. The second kappa shape index (κ2) is 10.4. The van der Waals surface area contributed by atoms with E-state index in [-0.39, 0.29) is 19.1 Å². The summed E-state index contributed by atoms with van der Waals surface area (Å²) in [6, 6.07) is 13.8. The molecule has 31 heavy (non-hydrogen) atoms. The number of nitrogens with one attached hydrogen (secondary N) is 1. The quantitative estimate of drug-likeness (QED) is 0.562. The van der Waals surface area contributed by atoms with Gasteiger partial charge in [-0.2, -0.15) is 22.7 Å². The number of hydrogen-bond acceptors (Lipinski definition) is 5. The number of amides is 2. The highest BCUT2D eigenvalue weighted by Gasteiger charge is 2.23. The first kappa shape index (κ1) is 21.3. The first-order chi connectivity index (χ1) is 15.2. The summed E-state index contributed by atoms with van der Waals surface area (Å²) >= 11 is 3.40. The Morgan fingerprint density at radius 3 is 2.16 bits per heavy atom. The normalized spacial score (nSPS) is 13.7. The molecule has 2 amide bonds. The van der Waals surface area contributed by atoms with Crippen molar-refractivity contribution < 1.29 is 14.3 Å². The third-order valence-electron chi connectivity index (χ3n) is 5.29. The molecule has 0 saturated carbocycles. The van der Waals surface area contributed by atoms with Gasteiger partial charge in [0.05, 0.1) is 0 Å². The first-order valence-electron chi connectivity index (χ1n) is 10.2. The van der Waals surface area contributed by atoms with E-state index in [1.54, 1.807) is 22.7 Å². The molecule has 0 unspecified atom stereocenters. The maximum absolute atomic E-state index is 12.6. The minimum absolute atomic E-state index is 0.0470. The van der Waals surface area contributed by atoms with Crippen LogP contribution in [0.5, 0.6) is 0 Å². The number of benzene rings is 1. The number of carbonyl (C=O) groups is 2. The zero-order valence-electron chi connectivity index (χ0n) is 17.1. The fourth-order valence-electron chi connectivity index (χ4n) is 3.70. The van der Waals surface area contributed by atoms with Crippen molar-refractivity contribution in [2.45, 2.75) is 19.4 Å². The van der Waals surface area contributed by atoms with Crippen LogP contribution < -0.4 is 5.32 Å². The van der Waals surface area contributed by atoms with E-state index < -0.39 is 6.09 Å². The van der Waals surface area contributed by atoms with Crippen molar-refractivity contribution in [3.63, 3.8) is 0 Å². The van der Waals surface area contributed by atoms with Crippen LogP contribution in [0.15, 0.2) is 69.6 Å². The predicted octanol–water partition coefficient (Wildman–Crippen LogP) is 5.16. The van der Waals surface area contributed by atoms with Crippen LogP contribution in [0.1, 0.15) is 29.5 Å². The molecule has 0 bridgehead atoms. The van der Waals surface area contributed by atoms with Gasteiger partial charge < -0.3 is 15.0 Å². The molecule has 1 fully saturated rings. The molecule has 7 heteroatoms. The Labute approximate surface area is 190 Å². The topological polar surface area (TPSA) is 58.6 Å². The molecule has 3 aromatic rings. The van der Waals surface area contributed by atoms with Crippen LogP contribution in [0.3, 0.4) is 0 Å². The summed E-state index contributed by atoms with van der Waals surface area (Å²) in [4.78, 5) is 26.3. The average Bonchev–Trinajstić information content (AvgIpc) is 3.53. The molecular weight excluding hydrogens is 428 g/mol. The van der Waals surface area contributed by atoms with Crippen molar-refractivity contribution in [2.75, 3.05) is 19.6 Å². The van der Waals surface area contributed by atoms with Crippen LogP contribution in [0.2, 0.25) is 0 Å². The number of carbonyl (C=O) groups excluding carboxylic acids is 2. The number of nitrogens with zero attached hydrogens (tertiary/aromatic N) is 1. The standard InChI is InChI=1S/C24H24N2O3S2/c27-22(14-25-24(28)29-15-18-4-2-1-3-5-18)26-10-6-19(7-11-26)23(20-8-12-30-16-20)21-9-13-31-17-21/h1-5,8-9,12-13,16-17H,6-7,10-11,14-15H2,(H,25,28). The minimum atomic E-state index is -0.577. The Morgan fingerprint density at radius 1 is 0.935 bits per heavy atom. The zero-order chi connectivity index (χ0) is 21.5. The monoisotopic (exact) mass is 452 g/mol. The highest BCUT2D eigenvalue weighted by atomic mass is 32.1. The lowest BCUT2D eigenvalue weighted by Gasteiger charge is -2.30. The highest BCUT2D eigenvalue weighted by Crippen LogP contribution is 2.34. The summed E-state index contributed by atoms with van der Waals surface area (Å²) in [6.45, 7) is 1.46. The largest absolute Gasteiger partial charge is 0.445 e. The lowest BCUT2D eigenvalue weighted by molar-refractivity contribution is -0.130. The number of likely N-dealkylation sites (tertiary alicyclic amines) is 1. The van der Waals surface area contributed by atoms with Gasteiger partial charge in [-0.05, 0) is 68.8 Å². The van der Waals surface area contributed by atoms with E-state index in [0.717, 1.165) is 18.4 Å². The van der Waals surface area contributed by atoms with Gasteiger partial charge in [0.2, 0.25) is 5.91 Å². The second-order valence-corrected chi connectivity index (χ2v) is 8.86. The van der Waals surface area contributed by atoms with Gasteiger partial charge in [-0.3, -0.25) is 4.79 Å². The highest BCUT2D eigenvalue weighted by molar-refractivity contribution is 7.08. The van der Waals surface area contributed by atoms with E-state index in [1.165, 1.54) is 22.3 Å². The molecule has 1 aliphatic rings. The Kier molecular flexibility index (Phi) is 7.17. The smallest absolute Gasteiger partial charge is 0.407 e. The zero-order valence-corrected chi connectivity index (χ0v) is 18.7.